The van der Waals surface area contributed by atoms with Crippen molar-refractivity contribution in [1.29, 1.82) is 0 Å². The van der Waals surface area contributed by atoms with Gasteiger partial charge in [0.25, 0.3) is 5.91 Å². The third-order valence-corrected chi connectivity index (χ3v) is 5.95. The smallest absolute Gasteiger partial charge is 0.274 e. The van der Waals surface area contributed by atoms with E-state index in [0.29, 0.717) is 42.6 Å². The molecule has 170 valence electrons. The van der Waals surface area contributed by atoms with E-state index in [1.54, 1.807) is 47.7 Å². The lowest BCUT2D eigenvalue weighted by Crippen LogP contribution is -2.30. The first-order chi connectivity index (χ1) is 16.1. The third-order valence-electron chi connectivity index (χ3n) is 5.10. The van der Waals surface area contributed by atoms with Gasteiger partial charge in [0.2, 0.25) is 0 Å². The number of aromatic nitrogens is 2. The summed E-state index contributed by atoms with van der Waals surface area (Å²) in [6.45, 7) is 3.28. The minimum absolute atomic E-state index is 0.204. The van der Waals surface area contributed by atoms with Crippen molar-refractivity contribution in [3.8, 4) is 17.2 Å². The zero-order valence-electron chi connectivity index (χ0n) is 18.4. The highest BCUT2D eigenvalue weighted by Crippen LogP contribution is 2.30. The van der Waals surface area contributed by atoms with Crippen molar-refractivity contribution >= 4 is 17.2 Å². The van der Waals surface area contributed by atoms with Crippen molar-refractivity contribution in [2.75, 3.05) is 13.7 Å². The molecule has 0 unspecified atom stereocenters. The fourth-order valence-corrected chi connectivity index (χ4v) is 4.00. The van der Waals surface area contributed by atoms with Crippen LogP contribution in [0.4, 0.5) is 4.39 Å². The number of benzene rings is 2. The Balaban J connectivity index is 1.46. The molecule has 1 amide bonds. The van der Waals surface area contributed by atoms with Gasteiger partial charge in [-0.3, -0.25) is 4.79 Å². The van der Waals surface area contributed by atoms with Gasteiger partial charge in [-0.15, -0.1) is 11.3 Å². The van der Waals surface area contributed by atoms with E-state index in [4.69, 9.17) is 9.47 Å². The average Bonchev–Trinajstić information content (AvgIpc) is 3.53. The van der Waals surface area contributed by atoms with E-state index in [0.717, 1.165) is 10.4 Å². The number of methoxy groups -OCH3 is 1. The highest BCUT2D eigenvalue weighted by atomic mass is 32.1. The van der Waals surface area contributed by atoms with E-state index in [9.17, 15) is 9.18 Å². The van der Waals surface area contributed by atoms with Gasteiger partial charge in [0.15, 0.2) is 17.2 Å². The molecule has 0 fully saturated rings. The van der Waals surface area contributed by atoms with Gasteiger partial charge in [-0.05, 0) is 60.3 Å². The van der Waals surface area contributed by atoms with Crippen LogP contribution in [0.2, 0.25) is 0 Å². The summed E-state index contributed by atoms with van der Waals surface area (Å²) in [5.41, 5.74) is 1.76. The van der Waals surface area contributed by atoms with Crippen LogP contribution in [0.5, 0.6) is 11.5 Å². The number of carbonyl (C=O) groups is 1. The molecule has 8 heteroatoms. The third kappa shape index (κ3) is 5.40. The molecule has 4 rings (SSSR count). The van der Waals surface area contributed by atoms with Gasteiger partial charge in [0.05, 0.1) is 12.8 Å². The van der Waals surface area contributed by atoms with Crippen molar-refractivity contribution in [3.05, 3.63) is 94.2 Å². The Morgan fingerprint density at radius 2 is 2.00 bits per heavy atom. The standard InChI is InChI=1S/C25H24FN3O3S/c1-3-28(25(30)22-11-12-29(27-22)20-7-4-6-19(26)15-20)16-18-9-10-23(24(14-18)31-2)32-17-21-8-5-13-33-21/h4-15H,3,16-17H2,1-2H3. The maximum Gasteiger partial charge on any atom is 0.274 e. The fourth-order valence-electron chi connectivity index (χ4n) is 3.38. The van der Waals surface area contributed by atoms with Crippen LogP contribution in [0.1, 0.15) is 27.9 Å². The van der Waals surface area contributed by atoms with E-state index in [-0.39, 0.29) is 11.7 Å². The predicted molar refractivity (Wildman–Crippen MR) is 126 cm³/mol. The topological polar surface area (TPSA) is 56.6 Å². The van der Waals surface area contributed by atoms with Gasteiger partial charge >= 0.3 is 0 Å². The monoisotopic (exact) mass is 465 g/mol. The molecule has 0 aliphatic rings. The number of halogens is 1. The lowest BCUT2D eigenvalue weighted by atomic mass is 10.1. The average molecular weight is 466 g/mol. The molecule has 0 atom stereocenters. The first kappa shape index (κ1) is 22.5. The normalized spacial score (nSPS) is 10.8. The molecule has 0 aliphatic heterocycles. The Morgan fingerprint density at radius 1 is 1.12 bits per heavy atom. The largest absolute Gasteiger partial charge is 0.493 e. The summed E-state index contributed by atoms with van der Waals surface area (Å²) in [4.78, 5) is 15.9. The van der Waals surface area contributed by atoms with E-state index in [2.05, 4.69) is 5.10 Å². The molecule has 4 aromatic rings. The van der Waals surface area contributed by atoms with Crippen LogP contribution in [0.15, 0.2) is 72.2 Å². The maximum absolute atomic E-state index is 13.5. The fraction of sp³-hybridized carbons (Fsp3) is 0.200. The summed E-state index contributed by atoms with van der Waals surface area (Å²) < 4.78 is 26.4. The van der Waals surface area contributed by atoms with Crippen LogP contribution < -0.4 is 9.47 Å². The first-order valence-electron chi connectivity index (χ1n) is 10.5. The Bertz CT molecular complexity index is 1220. The van der Waals surface area contributed by atoms with Crippen molar-refractivity contribution in [1.82, 2.24) is 14.7 Å². The van der Waals surface area contributed by atoms with Gasteiger partial charge in [0, 0.05) is 24.2 Å². The van der Waals surface area contributed by atoms with Gasteiger partial charge < -0.3 is 14.4 Å². The van der Waals surface area contributed by atoms with Gasteiger partial charge in [0.1, 0.15) is 12.4 Å². The molecule has 2 heterocycles. The zero-order valence-corrected chi connectivity index (χ0v) is 19.2. The Kier molecular flexibility index (Phi) is 7.04. The molecule has 2 aromatic carbocycles. The molecular weight excluding hydrogens is 441 g/mol. The summed E-state index contributed by atoms with van der Waals surface area (Å²) >= 11 is 1.64. The second-order valence-corrected chi connectivity index (χ2v) is 8.33. The number of thiophene rings is 1. The van der Waals surface area contributed by atoms with E-state index >= 15 is 0 Å². The molecular formula is C25H24FN3O3S. The molecule has 0 radical (unpaired) electrons. The van der Waals surface area contributed by atoms with E-state index in [1.807, 2.05) is 42.6 Å². The zero-order chi connectivity index (χ0) is 23.2. The Labute approximate surface area is 195 Å². The predicted octanol–water partition coefficient (Wildman–Crippen LogP) is 5.32. The number of hydrogen-bond donors (Lipinski definition) is 0. The number of rotatable bonds is 9. The molecule has 0 spiro atoms. The lowest BCUT2D eigenvalue weighted by molar-refractivity contribution is 0.0746. The second kappa shape index (κ2) is 10.3. The molecule has 2 aromatic heterocycles. The summed E-state index contributed by atoms with van der Waals surface area (Å²) in [7, 11) is 1.60. The summed E-state index contributed by atoms with van der Waals surface area (Å²) in [6, 6.07) is 17.4. The molecule has 0 aliphatic carbocycles. The van der Waals surface area contributed by atoms with Gasteiger partial charge in [-0.2, -0.15) is 5.10 Å². The lowest BCUT2D eigenvalue weighted by Gasteiger charge is -2.21. The molecule has 0 saturated heterocycles. The summed E-state index contributed by atoms with van der Waals surface area (Å²) in [5.74, 6) is 0.702. The van der Waals surface area contributed by atoms with Crippen molar-refractivity contribution in [2.45, 2.75) is 20.1 Å². The molecule has 0 N–H and O–H groups in total. The quantitative estimate of drug-likeness (QED) is 0.336. The first-order valence-corrected chi connectivity index (χ1v) is 11.4. The summed E-state index contributed by atoms with van der Waals surface area (Å²) in [6.07, 6.45) is 1.65. The Morgan fingerprint density at radius 3 is 2.73 bits per heavy atom. The summed E-state index contributed by atoms with van der Waals surface area (Å²) in [5, 5.41) is 6.35. The number of amides is 1. The SMILES string of the molecule is CCN(Cc1ccc(OCc2cccs2)c(OC)c1)C(=O)c1ccn(-c2cccc(F)c2)n1. The van der Waals surface area contributed by atoms with Crippen LogP contribution >= 0.6 is 11.3 Å². The Hall–Kier alpha value is -3.65. The van der Waals surface area contributed by atoms with Crippen LogP contribution in [-0.2, 0) is 13.2 Å². The van der Waals surface area contributed by atoms with E-state index in [1.165, 1.54) is 16.8 Å². The van der Waals surface area contributed by atoms with Crippen LogP contribution in [0.3, 0.4) is 0 Å². The minimum atomic E-state index is -0.358. The minimum Gasteiger partial charge on any atom is -0.493 e. The van der Waals surface area contributed by atoms with Gasteiger partial charge in [-0.25, -0.2) is 9.07 Å². The highest BCUT2D eigenvalue weighted by molar-refractivity contribution is 7.09. The van der Waals surface area contributed by atoms with Crippen molar-refractivity contribution in [2.24, 2.45) is 0 Å². The van der Waals surface area contributed by atoms with Gasteiger partial charge in [-0.1, -0.05) is 18.2 Å². The molecule has 6 nitrogen and oxygen atoms in total. The maximum atomic E-state index is 13.5. The van der Waals surface area contributed by atoms with Crippen molar-refractivity contribution < 1.29 is 18.7 Å². The van der Waals surface area contributed by atoms with Crippen LogP contribution in [0, 0.1) is 5.82 Å². The van der Waals surface area contributed by atoms with Crippen LogP contribution in [0.25, 0.3) is 5.69 Å². The number of ether oxygens (including phenoxy) is 2. The number of hydrogen-bond acceptors (Lipinski definition) is 5. The molecule has 33 heavy (non-hydrogen) atoms. The second-order valence-electron chi connectivity index (χ2n) is 7.30. The highest BCUT2D eigenvalue weighted by Gasteiger charge is 2.19. The van der Waals surface area contributed by atoms with E-state index < -0.39 is 0 Å². The molecule has 0 saturated carbocycles. The van der Waals surface area contributed by atoms with Crippen LogP contribution in [-0.4, -0.2) is 34.2 Å². The molecule has 0 bridgehead atoms. The number of nitrogens with zero attached hydrogens (tertiary/aromatic N) is 3. The van der Waals surface area contributed by atoms with Crippen molar-refractivity contribution in [3.63, 3.8) is 0 Å². The number of carbonyl (C=O) groups excluding carboxylic acids is 1.